The Morgan fingerprint density at radius 2 is 1.86 bits per heavy atom. The molecule has 3 atom stereocenters. The lowest BCUT2D eigenvalue weighted by Gasteiger charge is -2.25. The van der Waals surface area contributed by atoms with Gasteiger partial charge in [-0.2, -0.15) is 0 Å². The van der Waals surface area contributed by atoms with Gasteiger partial charge in [0.15, 0.2) is 5.11 Å². The molecule has 2 unspecified atom stereocenters. The average molecular weight is 433 g/mol. The molecule has 2 aromatic rings. The van der Waals surface area contributed by atoms with Crippen LogP contribution in [0.15, 0.2) is 36.4 Å². The van der Waals surface area contributed by atoms with Crippen molar-refractivity contribution in [2.45, 2.75) is 32.1 Å². The normalized spacial score (nSPS) is 20.1. The Labute approximate surface area is 184 Å². The number of anilines is 1. The van der Waals surface area contributed by atoms with Gasteiger partial charge in [0, 0.05) is 24.7 Å². The average Bonchev–Trinajstić information content (AvgIpc) is 2.95. The van der Waals surface area contributed by atoms with Gasteiger partial charge in [-0.3, -0.25) is 0 Å². The molecule has 1 aliphatic carbocycles. The van der Waals surface area contributed by atoms with E-state index in [2.05, 4.69) is 36.2 Å². The number of ether oxygens (including phenoxy) is 2. The van der Waals surface area contributed by atoms with Crippen LogP contribution in [0.5, 0.6) is 11.5 Å². The van der Waals surface area contributed by atoms with Crippen molar-refractivity contribution in [3.8, 4) is 11.5 Å². The Morgan fingerprint density at radius 3 is 2.55 bits per heavy atom. The lowest BCUT2D eigenvalue weighted by Crippen LogP contribution is -2.33. The highest BCUT2D eigenvalue weighted by Gasteiger charge is 2.35. The molecule has 156 valence electrons. The molecule has 3 rings (SSSR count). The fourth-order valence-corrected chi connectivity index (χ4v) is 4.54. The van der Waals surface area contributed by atoms with E-state index in [1.807, 2.05) is 31.3 Å². The molecule has 0 saturated heterocycles. The minimum atomic E-state index is 0.486. The smallest absolute Gasteiger partial charge is 0.173 e. The van der Waals surface area contributed by atoms with Gasteiger partial charge < -0.3 is 19.7 Å². The lowest BCUT2D eigenvalue weighted by atomic mass is 9.87. The van der Waals surface area contributed by atoms with E-state index >= 15 is 0 Å². The van der Waals surface area contributed by atoms with Gasteiger partial charge in [0.2, 0.25) is 0 Å². The summed E-state index contributed by atoms with van der Waals surface area (Å²) < 4.78 is 10.7. The number of nitrogens with zero attached hydrogens (tertiary/aromatic N) is 1. The van der Waals surface area contributed by atoms with Gasteiger partial charge in [-0.05, 0) is 71.8 Å². The zero-order valence-corrected chi connectivity index (χ0v) is 19.2. The second-order valence-electron chi connectivity index (χ2n) is 7.73. The third-order valence-corrected chi connectivity index (χ3v) is 6.78. The monoisotopic (exact) mass is 432 g/mol. The van der Waals surface area contributed by atoms with Gasteiger partial charge in [0.25, 0.3) is 0 Å². The van der Waals surface area contributed by atoms with Crippen molar-refractivity contribution in [2.75, 3.05) is 33.1 Å². The number of thiocarbonyl (C=S) groups is 1. The van der Waals surface area contributed by atoms with Crippen LogP contribution < -0.4 is 14.8 Å². The first-order valence-corrected chi connectivity index (χ1v) is 10.7. The van der Waals surface area contributed by atoms with Gasteiger partial charge in [0.1, 0.15) is 11.5 Å². The molecule has 0 aliphatic heterocycles. The molecule has 1 aliphatic rings. The Bertz CT molecular complexity index is 889. The molecule has 2 aromatic carbocycles. The van der Waals surface area contributed by atoms with Gasteiger partial charge in [-0.1, -0.05) is 31.5 Å². The van der Waals surface area contributed by atoms with Crippen LogP contribution in [0, 0.1) is 5.92 Å². The van der Waals surface area contributed by atoms with Gasteiger partial charge in [-0.15, -0.1) is 0 Å². The first-order valence-electron chi connectivity index (χ1n) is 9.89. The molecule has 4 nitrogen and oxygen atoms in total. The van der Waals surface area contributed by atoms with Gasteiger partial charge >= 0.3 is 0 Å². The van der Waals surface area contributed by atoms with Crippen molar-refractivity contribution in [1.29, 1.82) is 0 Å². The topological polar surface area (TPSA) is 33.7 Å². The second kappa shape index (κ2) is 9.23. The number of hydrogen-bond donors (Lipinski definition) is 1. The Morgan fingerprint density at radius 1 is 1.10 bits per heavy atom. The number of halogens is 1. The summed E-state index contributed by atoms with van der Waals surface area (Å²) in [4.78, 5) is 2.08. The summed E-state index contributed by atoms with van der Waals surface area (Å²) in [6.07, 6.45) is 1.02. The van der Waals surface area contributed by atoms with E-state index in [1.54, 1.807) is 14.2 Å². The molecule has 0 fully saturated rings. The fraction of sp³-hybridized carbons (Fsp3) is 0.435. The maximum absolute atomic E-state index is 6.28. The van der Waals surface area contributed by atoms with Crippen LogP contribution in [0.25, 0.3) is 0 Å². The Balaban J connectivity index is 1.65. The third kappa shape index (κ3) is 4.62. The molecule has 0 bridgehead atoms. The van der Waals surface area contributed by atoms with E-state index in [4.69, 9.17) is 33.3 Å². The van der Waals surface area contributed by atoms with Crippen LogP contribution in [0.4, 0.5) is 5.69 Å². The zero-order valence-electron chi connectivity index (χ0n) is 17.7. The maximum atomic E-state index is 6.28. The van der Waals surface area contributed by atoms with E-state index < -0.39 is 0 Å². The molecule has 0 amide bonds. The lowest BCUT2D eigenvalue weighted by molar-refractivity contribution is 0.380. The molecule has 6 heteroatoms. The summed E-state index contributed by atoms with van der Waals surface area (Å²) in [6, 6.07) is 12.0. The highest BCUT2D eigenvalue weighted by atomic mass is 35.5. The van der Waals surface area contributed by atoms with E-state index in [0.29, 0.717) is 28.6 Å². The highest BCUT2D eigenvalue weighted by Crippen LogP contribution is 2.48. The molecular formula is C23H29ClN2O2S. The number of methoxy groups -OCH3 is 2. The van der Waals surface area contributed by atoms with E-state index in [-0.39, 0.29) is 0 Å². The summed E-state index contributed by atoms with van der Waals surface area (Å²) in [7, 11) is 5.29. The second-order valence-corrected chi connectivity index (χ2v) is 8.56. The number of rotatable bonds is 6. The number of benzene rings is 2. The van der Waals surface area contributed by atoms with Gasteiger partial charge in [-0.25, -0.2) is 0 Å². The first kappa shape index (κ1) is 21.7. The third-order valence-electron chi connectivity index (χ3n) is 6.13. The van der Waals surface area contributed by atoms with Gasteiger partial charge in [0.05, 0.1) is 19.9 Å². The Hall–Kier alpha value is -1.98. The van der Waals surface area contributed by atoms with Crippen molar-refractivity contribution in [3.63, 3.8) is 0 Å². The highest BCUT2D eigenvalue weighted by molar-refractivity contribution is 7.80. The van der Waals surface area contributed by atoms with E-state index in [9.17, 15) is 0 Å². The predicted octanol–water partition coefficient (Wildman–Crippen LogP) is 5.91. The molecule has 1 N–H and O–H groups in total. The molecule has 0 saturated carbocycles. The summed E-state index contributed by atoms with van der Waals surface area (Å²) in [5, 5.41) is 4.77. The predicted molar refractivity (Wildman–Crippen MR) is 125 cm³/mol. The standard InChI is InChI=1S/C23H29ClN2O2S/c1-14-15(2)19(20-12-16(24)6-8-18(14)20)10-11-26(3)23(29)25-21-9-7-17(27-4)13-22(21)28-5/h6-9,12-15,19H,10-11H2,1-5H3,(H,25,29)/t14?,15-,19?/m1/s1. The molecular weight excluding hydrogens is 404 g/mol. The minimum absolute atomic E-state index is 0.486. The molecule has 0 aromatic heterocycles. The van der Waals surface area contributed by atoms with Crippen molar-refractivity contribution in [3.05, 3.63) is 52.5 Å². The van der Waals surface area contributed by atoms with Crippen molar-refractivity contribution in [1.82, 2.24) is 4.90 Å². The largest absolute Gasteiger partial charge is 0.497 e. The molecule has 29 heavy (non-hydrogen) atoms. The summed E-state index contributed by atoms with van der Waals surface area (Å²) in [5.74, 6) is 3.06. The Kier molecular flexibility index (Phi) is 6.91. The van der Waals surface area contributed by atoms with Crippen molar-refractivity contribution in [2.24, 2.45) is 5.92 Å². The number of fused-ring (bicyclic) bond motifs is 1. The fourth-order valence-electron chi connectivity index (χ4n) is 4.16. The van der Waals surface area contributed by atoms with Crippen LogP contribution in [0.1, 0.15) is 43.2 Å². The van der Waals surface area contributed by atoms with E-state index in [0.717, 1.165) is 29.4 Å². The number of nitrogens with one attached hydrogen (secondary N) is 1. The zero-order chi connectivity index (χ0) is 21.1. The summed E-state index contributed by atoms with van der Waals surface area (Å²) in [5.41, 5.74) is 3.64. The van der Waals surface area contributed by atoms with Crippen LogP contribution in [-0.2, 0) is 0 Å². The van der Waals surface area contributed by atoms with Crippen LogP contribution in [0.3, 0.4) is 0 Å². The first-order chi connectivity index (χ1) is 13.8. The number of hydrogen-bond acceptors (Lipinski definition) is 3. The molecule has 0 heterocycles. The van der Waals surface area contributed by atoms with Crippen LogP contribution in [0.2, 0.25) is 5.02 Å². The molecule has 0 spiro atoms. The minimum Gasteiger partial charge on any atom is -0.497 e. The van der Waals surface area contributed by atoms with Crippen LogP contribution in [-0.4, -0.2) is 37.8 Å². The summed E-state index contributed by atoms with van der Waals surface area (Å²) in [6.45, 7) is 5.50. The van der Waals surface area contributed by atoms with Crippen molar-refractivity contribution < 1.29 is 9.47 Å². The SMILES string of the molecule is COc1ccc(NC(=S)N(C)CCC2c3cc(Cl)ccc3C(C)[C@H]2C)c(OC)c1. The van der Waals surface area contributed by atoms with Crippen LogP contribution >= 0.6 is 23.8 Å². The van der Waals surface area contributed by atoms with Crippen molar-refractivity contribution >= 4 is 34.6 Å². The summed E-state index contributed by atoms with van der Waals surface area (Å²) >= 11 is 11.9. The quantitative estimate of drug-likeness (QED) is 0.573. The molecule has 0 radical (unpaired) electrons. The van der Waals surface area contributed by atoms with E-state index in [1.165, 1.54) is 11.1 Å². The maximum Gasteiger partial charge on any atom is 0.173 e.